The molecule has 4 heteroatoms. The quantitative estimate of drug-likeness (QED) is 0.835. The monoisotopic (exact) mass is 223 g/mol. The van der Waals surface area contributed by atoms with Crippen molar-refractivity contribution in [2.45, 2.75) is 39.3 Å². The van der Waals surface area contributed by atoms with Gasteiger partial charge in [0, 0.05) is 30.8 Å². The molecule has 2 atom stereocenters. The third kappa shape index (κ3) is 2.44. The maximum absolute atomic E-state index is 6.12. The second-order valence-electron chi connectivity index (χ2n) is 4.58. The molecule has 2 unspecified atom stereocenters. The minimum Gasteiger partial charge on any atom is -0.381 e. The van der Waals surface area contributed by atoms with Crippen molar-refractivity contribution >= 4 is 0 Å². The van der Waals surface area contributed by atoms with Gasteiger partial charge in [0.15, 0.2) is 0 Å². The molecule has 1 aromatic heterocycles. The Balaban J connectivity index is 2.06. The number of hydrogen-bond acceptors (Lipinski definition) is 3. The van der Waals surface area contributed by atoms with Crippen LogP contribution in [0.2, 0.25) is 0 Å². The first-order valence-corrected chi connectivity index (χ1v) is 6.07. The lowest BCUT2D eigenvalue weighted by atomic mass is 9.92. The highest BCUT2D eigenvalue weighted by Crippen LogP contribution is 2.18. The fourth-order valence-electron chi connectivity index (χ4n) is 2.33. The standard InChI is InChI=1S/C12H21N3O/c1-3-15-11(6-9(2)14-15)7-10-8-16-5-4-12(10)13/h6,10,12H,3-5,7-8,13H2,1-2H3. The Hall–Kier alpha value is -0.870. The summed E-state index contributed by atoms with van der Waals surface area (Å²) in [4.78, 5) is 0. The van der Waals surface area contributed by atoms with Gasteiger partial charge in [0.25, 0.3) is 0 Å². The van der Waals surface area contributed by atoms with Crippen molar-refractivity contribution in [1.82, 2.24) is 9.78 Å². The number of rotatable bonds is 3. The van der Waals surface area contributed by atoms with E-state index >= 15 is 0 Å². The Morgan fingerprint density at radius 1 is 1.62 bits per heavy atom. The number of nitrogens with two attached hydrogens (primary N) is 1. The van der Waals surface area contributed by atoms with Crippen LogP contribution in [-0.4, -0.2) is 29.0 Å². The van der Waals surface area contributed by atoms with Gasteiger partial charge in [-0.3, -0.25) is 4.68 Å². The summed E-state index contributed by atoms with van der Waals surface area (Å²) in [5.74, 6) is 0.440. The second kappa shape index (κ2) is 4.97. The Morgan fingerprint density at radius 2 is 2.44 bits per heavy atom. The molecule has 0 bridgehead atoms. The number of ether oxygens (including phenoxy) is 1. The molecule has 4 nitrogen and oxygen atoms in total. The van der Waals surface area contributed by atoms with Gasteiger partial charge in [0.1, 0.15) is 0 Å². The van der Waals surface area contributed by atoms with Gasteiger partial charge in [-0.1, -0.05) is 0 Å². The van der Waals surface area contributed by atoms with Crippen molar-refractivity contribution < 1.29 is 4.74 Å². The molecule has 1 fully saturated rings. The van der Waals surface area contributed by atoms with Gasteiger partial charge < -0.3 is 10.5 Å². The Bertz CT molecular complexity index is 348. The van der Waals surface area contributed by atoms with E-state index in [1.807, 2.05) is 6.92 Å². The Kier molecular flexibility index (Phi) is 3.61. The second-order valence-corrected chi connectivity index (χ2v) is 4.58. The molecule has 1 aromatic rings. The summed E-state index contributed by atoms with van der Waals surface area (Å²) >= 11 is 0. The van der Waals surface area contributed by atoms with Crippen LogP contribution in [-0.2, 0) is 17.7 Å². The van der Waals surface area contributed by atoms with Gasteiger partial charge >= 0.3 is 0 Å². The predicted octanol–water partition coefficient (Wildman–Crippen LogP) is 1.12. The molecule has 0 radical (unpaired) electrons. The number of hydrogen-bond donors (Lipinski definition) is 1. The summed E-state index contributed by atoms with van der Waals surface area (Å²) < 4.78 is 7.56. The summed E-state index contributed by atoms with van der Waals surface area (Å²) in [7, 11) is 0. The maximum Gasteiger partial charge on any atom is 0.0596 e. The zero-order valence-electron chi connectivity index (χ0n) is 10.1. The van der Waals surface area contributed by atoms with Crippen molar-refractivity contribution in [2.75, 3.05) is 13.2 Å². The van der Waals surface area contributed by atoms with Gasteiger partial charge in [0.2, 0.25) is 0 Å². The number of aryl methyl sites for hydroxylation is 2. The molecule has 0 aliphatic carbocycles. The zero-order valence-corrected chi connectivity index (χ0v) is 10.1. The van der Waals surface area contributed by atoms with Gasteiger partial charge in [-0.2, -0.15) is 5.10 Å². The first-order valence-electron chi connectivity index (χ1n) is 6.07. The van der Waals surface area contributed by atoms with Crippen LogP contribution in [0.4, 0.5) is 0 Å². The van der Waals surface area contributed by atoms with E-state index in [-0.39, 0.29) is 6.04 Å². The molecule has 1 saturated heterocycles. The van der Waals surface area contributed by atoms with E-state index in [1.54, 1.807) is 0 Å². The topological polar surface area (TPSA) is 53.1 Å². The smallest absolute Gasteiger partial charge is 0.0596 e. The first kappa shape index (κ1) is 11.6. The third-order valence-corrected chi connectivity index (χ3v) is 3.29. The maximum atomic E-state index is 6.12. The molecular weight excluding hydrogens is 202 g/mol. The molecule has 0 spiro atoms. The molecule has 1 aliphatic rings. The lowest BCUT2D eigenvalue weighted by Crippen LogP contribution is -2.40. The fraction of sp³-hybridized carbons (Fsp3) is 0.750. The van der Waals surface area contributed by atoms with Gasteiger partial charge in [0.05, 0.1) is 12.3 Å². The van der Waals surface area contributed by atoms with E-state index in [0.717, 1.165) is 38.3 Å². The average Bonchev–Trinajstić information content (AvgIpc) is 2.62. The van der Waals surface area contributed by atoms with Crippen LogP contribution in [0.25, 0.3) is 0 Å². The van der Waals surface area contributed by atoms with E-state index < -0.39 is 0 Å². The van der Waals surface area contributed by atoms with E-state index in [9.17, 15) is 0 Å². The molecule has 0 saturated carbocycles. The molecule has 0 aromatic carbocycles. The van der Waals surface area contributed by atoms with Crippen molar-refractivity contribution in [2.24, 2.45) is 11.7 Å². The summed E-state index contributed by atoms with van der Waals surface area (Å²) in [6.07, 6.45) is 1.96. The molecule has 2 N–H and O–H groups in total. The summed E-state index contributed by atoms with van der Waals surface area (Å²) in [5, 5.41) is 4.45. The Labute approximate surface area is 96.8 Å². The zero-order chi connectivity index (χ0) is 11.5. The lowest BCUT2D eigenvalue weighted by Gasteiger charge is -2.28. The van der Waals surface area contributed by atoms with Crippen LogP contribution >= 0.6 is 0 Å². The SMILES string of the molecule is CCn1nc(C)cc1CC1COCCC1N. The van der Waals surface area contributed by atoms with Gasteiger partial charge in [-0.05, 0) is 32.8 Å². The van der Waals surface area contributed by atoms with Crippen molar-refractivity contribution in [1.29, 1.82) is 0 Å². The first-order chi connectivity index (χ1) is 7.70. The molecule has 16 heavy (non-hydrogen) atoms. The molecule has 90 valence electrons. The third-order valence-electron chi connectivity index (χ3n) is 3.29. The van der Waals surface area contributed by atoms with Crippen LogP contribution in [0.1, 0.15) is 24.7 Å². The normalized spacial score (nSPS) is 25.9. The number of nitrogens with zero attached hydrogens (tertiary/aromatic N) is 2. The predicted molar refractivity (Wildman–Crippen MR) is 63.2 cm³/mol. The highest BCUT2D eigenvalue weighted by atomic mass is 16.5. The molecule has 0 amide bonds. The molecular formula is C12H21N3O. The number of aromatic nitrogens is 2. The van der Waals surface area contributed by atoms with Gasteiger partial charge in [-0.15, -0.1) is 0 Å². The van der Waals surface area contributed by atoms with Crippen LogP contribution in [0.5, 0.6) is 0 Å². The summed E-state index contributed by atoms with van der Waals surface area (Å²) in [5.41, 5.74) is 8.48. The van der Waals surface area contributed by atoms with Crippen LogP contribution < -0.4 is 5.73 Å². The molecule has 2 heterocycles. The highest BCUT2D eigenvalue weighted by Gasteiger charge is 2.23. The van der Waals surface area contributed by atoms with Crippen LogP contribution in [0.3, 0.4) is 0 Å². The van der Waals surface area contributed by atoms with Gasteiger partial charge in [-0.25, -0.2) is 0 Å². The summed E-state index contributed by atoms with van der Waals surface area (Å²) in [6.45, 7) is 6.67. The van der Waals surface area contributed by atoms with E-state index in [0.29, 0.717) is 5.92 Å². The van der Waals surface area contributed by atoms with E-state index in [1.165, 1.54) is 5.69 Å². The Morgan fingerprint density at radius 3 is 3.12 bits per heavy atom. The largest absolute Gasteiger partial charge is 0.381 e. The molecule has 1 aliphatic heterocycles. The van der Waals surface area contributed by atoms with Crippen LogP contribution in [0.15, 0.2) is 6.07 Å². The summed E-state index contributed by atoms with van der Waals surface area (Å²) in [6, 6.07) is 2.43. The minimum absolute atomic E-state index is 0.272. The van der Waals surface area contributed by atoms with Crippen molar-refractivity contribution in [3.63, 3.8) is 0 Å². The average molecular weight is 223 g/mol. The van der Waals surface area contributed by atoms with Crippen molar-refractivity contribution in [3.05, 3.63) is 17.5 Å². The lowest BCUT2D eigenvalue weighted by molar-refractivity contribution is 0.0415. The fourth-order valence-corrected chi connectivity index (χ4v) is 2.33. The van der Waals surface area contributed by atoms with E-state index in [2.05, 4.69) is 22.8 Å². The molecule has 2 rings (SSSR count). The minimum atomic E-state index is 0.272. The van der Waals surface area contributed by atoms with Crippen LogP contribution in [0, 0.1) is 12.8 Å². The van der Waals surface area contributed by atoms with E-state index in [4.69, 9.17) is 10.5 Å². The highest BCUT2D eigenvalue weighted by molar-refractivity contribution is 5.10. The van der Waals surface area contributed by atoms with Crippen molar-refractivity contribution in [3.8, 4) is 0 Å².